The molecule has 0 atom stereocenters. The maximum atomic E-state index is 13.5. The topological polar surface area (TPSA) is 76.7 Å². The number of para-hydroxylation sites is 1. The molecule has 0 aliphatic carbocycles. The van der Waals surface area contributed by atoms with Gasteiger partial charge in [0, 0.05) is 27.5 Å². The summed E-state index contributed by atoms with van der Waals surface area (Å²) >= 11 is 1.68. The number of nitrogens with one attached hydrogen (secondary N) is 2. The Morgan fingerprint density at radius 1 is 0.816 bits per heavy atom. The van der Waals surface area contributed by atoms with Crippen molar-refractivity contribution in [1.29, 1.82) is 0 Å². The first-order chi connectivity index (χ1) is 18.6. The molecule has 4 aromatic carbocycles. The fourth-order valence-corrected chi connectivity index (χ4v) is 4.64. The second-order valence-electron chi connectivity index (χ2n) is 8.22. The minimum Gasteiger partial charge on any atom is -0.493 e. The number of ether oxygens (including phenoxy) is 2. The number of carbonyl (C=O) groups excluding carboxylic acids is 2. The molecule has 2 N–H and O–H groups in total. The molecule has 0 bridgehead atoms. The van der Waals surface area contributed by atoms with Crippen LogP contribution in [0.2, 0.25) is 0 Å². The fourth-order valence-electron chi connectivity index (χ4n) is 3.73. The third kappa shape index (κ3) is 7.05. The lowest BCUT2D eigenvalue weighted by Crippen LogP contribution is -2.30. The van der Waals surface area contributed by atoms with Crippen molar-refractivity contribution >= 4 is 35.3 Å². The molecule has 0 fully saturated rings. The van der Waals surface area contributed by atoms with Gasteiger partial charge in [0.1, 0.15) is 5.70 Å². The summed E-state index contributed by atoms with van der Waals surface area (Å²) in [6, 6.07) is 31.9. The molecule has 0 heterocycles. The summed E-state index contributed by atoms with van der Waals surface area (Å²) in [5.41, 5.74) is 2.91. The first-order valence-electron chi connectivity index (χ1n) is 11.9. The highest BCUT2D eigenvalue weighted by Gasteiger charge is 2.17. The molecular weight excluding hydrogens is 496 g/mol. The van der Waals surface area contributed by atoms with Crippen molar-refractivity contribution in [3.63, 3.8) is 0 Å². The maximum Gasteiger partial charge on any atom is 0.272 e. The van der Waals surface area contributed by atoms with Crippen LogP contribution >= 0.6 is 11.8 Å². The zero-order chi connectivity index (χ0) is 26.7. The van der Waals surface area contributed by atoms with Crippen LogP contribution in [0, 0.1) is 0 Å². The number of amides is 2. The predicted octanol–water partition coefficient (Wildman–Crippen LogP) is 6.41. The van der Waals surface area contributed by atoms with Gasteiger partial charge < -0.3 is 20.1 Å². The molecule has 0 aliphatic rings. The van der Waals surface area contributed by atoms with Crippen LogP contribution in [-0.4, -0.2) is 26.0 Å². The van der Waals surface area contributed by atoms with Gasteiger partial charge in [0.15, 0.2) is 11.5 Å². The molecule has 4 rings (SSSR count). The Balaban J connectivity index is 1.59. The molecule has 0 aromatic heterocycles. The minimum atomic E-state index is -0.468. The highest BCUT2D eigenvalue weighted by atomic mass is 32.2. The van der Waals surface area contributed by atoms with E-state index in [0.717, 1.165) is 10.6 Å². The van der Waals surface area contributed by atoms with Gasteiger partial charge in [-0.1, -0.05) is 66.7 Å². The molecule has 0 saturated carbocycles. The number of rotatable bonds is 10. The second-order valence-corrected chi connectivity index (χ2v) is 9.27. The smallest absolute Gasteiger partial charge is 0.272 e. The molecule has 192 valence electrons. The Kier molecular flexibility index (Phi) is 9.21. The van der Waals surface area contributed by atoms with E-state index >= 15 is 0 Å². The Hall–Kier alpha value is -4.49. The number of benzene rings is 4. The first kappa shape index (κ1) is 26.6. The lowest BCUT2D eigenvalue weighted by atomic mass is 10.1. The quantitative estimate of drug-likeness (QED) is 0.185. The highest BCUT2D eigenvalue weighted by Crippen LogP contribution is 2.32. The lowest BCUT2D eigenvalue weighted by molar-refractivity contribution is -0.113. The van der Waals surface area contributed by atoms with Crippen LogP contribution in [0.25, 0.3) is 6.08 Å². The summed E-state index contributed by atoms with van der Waals surface area (Å²) in [6.45, 7) is 0. The molecule has 0 spiro atoms. The van der Waals surface area contributed by atoms with E-state index in [2.05, 4.69) is 22.8 Å². The number of anilines is 1. The minimum absolute atomic E-state index is 0.0627. The van der Waals surface area contributed by atoms with Crippen molar-refractivity contribution in [2.45, 2.75) is 10.6 Å². The Bertz CT molecular complexity index is 1420. The Morgan fingerprint density at radius 2 is 1.53 bits per heavy atom. The number of thioether (sulfide) groups is 1. The zero-order valence-electron chi connectivity index (χ0n) is 21.1. The van der Waals surface area contributed by atoms with Gasteiger partial charge in [0.05, 0.1) is 14.2 Å². The van der Waals surface area contributed by atoms with Crippen molar-refractivity contribution in [1.82, 2.24) is 5.32 Å². The largest absolute Gasteiger partial charge is 0.493 e. The van der Waals surface area contributed by atoms with E-state index in [4.69, 9.17) is 9.47 Å². The number of methoxy groups -OCH3 is 2. The number of hydrogen-bond acceptors (Lipinski definition) is 5. The molecule has 4 aromatic rings. The van der Waals surface area contributed by atoms with E-state index in [1.165, 1.54) is 12.7 Å². The van der Waals surface area contributed by atoms with E-state index in [-0.39, 0.29) is 5.70 Å². The van der Waals surface area contributed by atoms with E-state index in [9.17, 15) is 9.59 Å². The SMILES string of the molecule is COc1cccc(/C=C(/NC(=O)c2ccccc2)C(=O)Nc2cccc(SCc3ccccc3)c2)c1OC. The van der Waals surface area contributed by atoms with Gasteiger partial charge in [-0.05, 0) is 48.0 Å². The van der Waals surface area contributed by atoms with Gasteiger partial charge in [-0.3, -0.25) is 9.59 Å². The molecule has 0 radical (unpaired) electrons. The molecule has 0 saturated heterocycles. The second kappa shape index (κ2) is 13.2. The van der Waals surface area contributed by atoms with E-state index in [1.54, 1.807) is 67.4 Å². The summed E-state index contributed by atoms with van der Waals surface area (Å²) in [5.74, 6) is 0.907. The Morgan fingerprint density at radius 3 is 2.24 bits per heavy atom. The van der Waals surface area contributed by atoms with Crippen molar-refractivity contribution in [3.8, 4) is 11.5 Å². The standard InChI is InChI=1S/C31H28N2O4S/c1-36-28-18-9-15-24(29(28)37-2)19-27(33-30(34)23-13-7-4-8-14-23)31(35)32-25-16-10-17-26(20-25)38-21-22-11-5-3-6-12-22/h3-20H,21H2,1-2H3,(H,32,35)(H,33,34)/b27-19+. The monoisotopic (exact) mass is 524 g/mol. The van der Waals surface area contributed by atoms with Gasteiger partial charge in [0.2, 0.25) is 0 Å². The van der Waals surface area contributed by atoms with Crippen molar-refractivity contribution in [3.05, 3.63) is 126 Å². The van der Waals surface area contributed by atoms with Gasteiger partial charge in [-0.15, -0.1) is 11.8 Å². The van der Waals surface area contributed by atoms with E-state index in [0.29, 0.717) is 28.3 Å². The zero-order valence-corrected chi connectivity index (χ0v) is 22.0. The molecule has 0 aliphatic heterocycles. The first-order valence-corrected chi connectivity index (χ1v) is 12.9. The van der Waals surface area contributed by atoms with Crippen molar-refractivity contribution < 1.29 is 19.1 Å². The van der Waals surface area contributed by atoms with Crippen LogP contribution in [0.1, 0.15) is 21.5 Å². The summed E-state index contributed by atoms with van der Waals surface area (Å²) in [4.78, 5) is 27.4. The molecular formula is C31H28N2O4S. The fraction of sp³-hybridized carbons (Fsp3) is 0.0968. The summed E-state index contributed by atoms with van der Waals surface area (Å²) in [5, 5.41) is 5.68. The summed E-state index contributed by atoms with van der Waals surface area (Å²) in [7, 11) is 3.06. The van der Waals surface area contributed by atoms with Crippen LogP contribution in [0.3, 0.4) is 0 Å². The average Bonchev–Trinajstić information content (AvgIpc) is 2.96. The van der Waals surface area contributed by atoms with Gasteiger partial charge in [-0.2, -0.15) is 0 Å². The van der Waals surface area contributed by atoms with Crippen LogP contribution in [-0.2, 0) is 10.5 Å². The van der Waals surface area contributed by atoms with Gasteiger partial charge >= 0.3 is 0 Å². The predicted molar refractivity (Wildman–Crippen MR) is 153 cm³/mol. The molecule has 0 unspecified atom stereocenters. The van der Waals surface area contributed by atoms with E-state index < -0.39 is 11.8 Å². The third-order valence-corrected chi connectivity index (χ3v) is 6.67. The third-order valence-electron chi connectivity index (χ3n) is 5.60. The maximum absolute atomic E-state index is 13.5. The molecule has 7 heteroatoms. The number of hydrogen-bond donors (Lipinski definition) is 2. The van der Waals surface area contributed by atoms with Crippen molar-refractivity contribution in [2.24, 2.45) is 0 Å². The lowest BCUT2D eigenvalue weighted by Gasteiger charge is -2.14. The average molecular weight is 525 g/mol. The van der Waals surface area contributed by atoms with Crippen LogP contribution in [0.4, 0.5) is 5.69 Å². The van der Waals surface area contributed by atoms with E-state index in [1.807, 2.05) is 48.5 Å². The van der Waals surface area contributed by atoms with Crippen molar-refractivity contribution in [2.75, 3.05) is 19.5 Å². The molecule has 6 nitrogen and oxygen atoms in total. The molecule has 2 amide bonds. The van der Waals surface area contributed by atoms with Crippen LogP contribution in [0.15, 0.2) is 114 Å². The summed E-state index contributed by atoms with van der Waals surface area (Å²) in [6.07, 6.45) is 1.57. The number of carbonyl (C=O) groups is 2. The highest BCUT2D eigenvalue weighted by molar-refractivity contribution is 7.98. The normalized spacial score (nSPS) is 10.9. The van der Waals surface area contributed by atoms with Gasteiger partial charge in [0.25, 0.3) is 11.8 Å². The molecule has 38 heavy (non-hydrogen) atoms. The summed E-state index contributed by atoms with van der Waals surface area (Å²) < 4.78 is 10.9. The van der Waals surface area contributed by atoms with Crippen LogP contribution in [0.5, 0.6) is 11.5 Å². The van der Waals surface area contributed by atoms with Gasteiger partial charge in [-0.25, -0.2) is 0 Å². The van der Waals surface area contributed by atoms with Crippen LogP contribution < -0.4 is 20.1 Å². The Labute approximate surface area is 226 Å².